The van der Waals surface area contributed by atoms with Crippen LogP contribution in [0.5, 0.6) is 5.75 Å². The SMILES string of the molecule is COc1ccccc1-c1ccc([C@@H]2[C@@H](C#N)N(C(=O)C3CCCCC3)[C@@H]2CO)cc1. The Hall–Kier alpha value is -2.84. The van der Waals surface area contributed by atoms with Crippen LogP contribution >= 0.6 is 0 Å². The molecule has 1 aliphatic carbocycles. The molecule has 2 fully saturated rings. The van der Waals surface area contributed by atoms with Crippen molar-refractivity contribution in [1.29, 1.82) is 5.26 Å². The first kappa shape index (κ1) is 20.4. The van der Waals surface area contributed by atoms with E-state index in [-0.39, 0.29) is 30.4 Å². The van der Waals surface area contributed by atoms with E-state index in [2.05, 4.69) is 6.07 Å². The lowest BCUT2D eigenvalue weighted by Gasteiger charge is -2.52. The lowest BCUT2D eigenvalue weighted by Crippen LogP contribution is -2.66. The number of ether oxygens (including phenoxy) is 1. The van der Waals surface area contributed by atoms with Crippen molar-refractivity contribution in [2.45, 2.75) is 50.1 Å². The maximum Gasteiger partial charge on any atom is 0.227 e. The molecule has 30 heavy (non-hydrogen) atoms. The average Bonchev–Trinajstić information content (AvgIpc) is 2.80. The van der Waals surface area contributed by atoms with E-state index in [0.717, 1.165) is 48.1 Å². The van der Waals surface area contributed by atoms with E-state index in [1.165, 1.54) is 6.42 Å². The first-order chi connectivity index (χ1) is 14.7. The van der Waals surface area contributed by atoms with Crippen LogP contribution in [0.3, 0.4) is 0 Å². The third kappa shape index (κ3) is 3.57. The van der Waals surface area contributed by atoms with Crippen molar-refractivity contribution < 1.29 is 14.6 Å². The molecule has 0 unspecified atom stereocenters. The molecule has 0 spiro atoms. The summed E-state index contributed by atoms with van der Waals surface area (Å²) in [5, 5.41) is 19.8. The summed E-state index contributed by atoms with van der Waals surface area (Å²) in [6, 6.07) is 17.4. The van der Waals surface area contributed by atoms with Crippen molar-refractivity contribution in [1.82, 2.24) is 4.90 Å². The van der Waals surface area contributed by atoms with Gasteiger partial charge in [0.05, 0.1) is 25.8 Å². The number of methoxy groups -OCH3 is 1. The molecule has 1 heterocycles. The van der Waals surface area contributed by atoms with Crippen LogP contribution in [-0.2, 0) is 4.79 Å². The number of nitriles is 1. The minimum Gasteiger partial charge on any atom is -0.496 e. The Bertz CT molecular complexity index is 928. The second-order valence-electron chi connectivity index (χ2n) is 8.25. The van der Waals surface area contributed by atoms with Gasteiger partial charge in [0.25, 0.3) is 0 Å². The minimum atomic E-state index is -0.520. The summed E-state index contributed by atoms with van der Waals surface area (Å²) in [5.41, 5.74) is 3.01. The van der Waals surface area contributed by atoms with Gasteiger partial charge in [0.15, 0.2) is 0 Å². The summed E-state index contributed by atoms with van der Waals surface area (Å²) >= 11 is 0. The number of aliphatic hydroxyl groups is 1. The van der Waals surface area contributed by atoms with E-state index in [4.69, 9.17) is 4.74 Å². The summed E-state index contributed by atoms with van der Waals surface area (Å²) in [6.07, 6.45) is 5.10. The smallest absolute Gasteiger partial charge is 0.227 e. The Morgan fingerprint density at radius 3 is 2.47 bits per heavy atom. The molecule has 3 atom stereocenters. The van der Waals surface area contributed by atoms with Gasteiger partial charge in [-0.1, -0.05) is 61.7 Å². The Labute approximate surface area is 177 Å². The molecule has 2 aromatic carbocycles. The monoisotopic (exact) mass is 404 g/mol. The zero-order valence-corrected chi connectivity index (χ0v) is 17.3. The standard InChI is InChI=1S/C25H28N2O3/c1-30-23-10-6-5-9-20(23)17-11-13-18(14-12-17)24-21(15-26)27(22(24)16-28)25(29)19-7-3-2-4-8-19/h5-6,9-14,19,21-22,24,28H,2-4,7-8,16H2,1H3/t21-,22-,24-/m1/s1. The predicted octanol–water partition coefficient (Wildman–Crippen LogP) is 4.12. The lowest BCUT2D eigenvalue weighted by atomic mass is 9.74. The Morgan fingerprint density at radius 2 is 1.83 bits per heavy atom. The van der Waals surface area contributed by atoms with Gasteiger partial charge in [-0.05, 0) is 30.0 Å². The number of benzene rings is 2. The zero-order valence-electron chi connectivity index (χ0n) is 17.3. The fourth-order valence-electron chi connectivity index (χ4n) is 5.04. The van der Waals surface area contributed by atoms with Crippen LogP contribution in [0.1, 0.15) is 43.6 Å². The van der Waals surface area contributed by atoms with Gasteiger partial charge in [-0.15, -0.1) is 0 Å². The molecule has 1 saturated heterocycles. The van der Waals surface area contributed by atoms with E-state index >= 15 is 0 Å². The maximum atomic E-state index is 13.1. The van der Waals surface area contributed by atoms with Crippen LogP contribution in [0.25, 0.3) is 11.1 Å². The van der Waals surface area contributed by atoms with Crippen molar-refractivity contribution in [2.75, 3.05) is 13.7 Å². The molecular weight excluding hydrogens is 376 g/mol. The van der Waals surface area contributed by atoms with Crippen molar-refractivity contribution in [3.05, 3.63) is 54.1 Å². The highest BCUT2D eigenvalue weighted by molar-refractivity contribution is 5.82. The number of para-hydroxylation sites is 1. The summed E-state index contributed by atoms with van der Waals surface area (Å²) in [7, 11) is 1.66. The molecule has 0 radical (unpaired) electrons. The van der Waals surface area contributed by atoms with Crippen molar-refractivity contribution in [2.24, 2.45) is 5.92 Å². The second-order valence-corrected chi connectivity index (χ2v) is 8.25. The highest BCUT2D eigenvalue weighted by Gasteiger charge is 2.52. The quantitative estimate of drug-likeness (QED) is 0.813. The fourth-order valence-corrected chi connectivity index (χ4v) is 5.04. The molecule has 2 aliphatic rings. The molecule has 2 aromatic rings. The summed E-state index contributed by atoms with van der Waals surface area (Å²) < 4.78 is 5.46. The van der Waals surface area contributed by atoms with Gasteiger partial charge in [0.1, 0.15) is 11.8 Å². The topological polar surface area (TPSA) is 73.6 Å². The molecule has 0 bridgehead atoms. The molecule has 5 heteroatoms. The largest absolute Gasteiger partial charge is 0.496 e. The molecule has 1 amide bonds. The van der Waals surface area contributed by atoms with Gasteiger partial charge in [-0.25, -0.2) is 0 Å². The second kappa shape index (κ2) is 8.89. The first-order valence-electron chi connectivity index (χ1n) is 10.8. The number of aliphatic hydroxyl groups excluding tert-OH is 1. The predicted molar refractivity (Wildman–Crippen MR) is 115 cm³/mol. The molecule has 0 aromatic heterocycles. The highest BCUT2D eigenvalue weighted by Crippen LogP contribution is 2.43. The number of hydrogen-bond donors (Lipinski definition) is 1. The van der Waals surface area contributed by atoms with Crippen LogP contribution in [0.2, 0.25) is 0 Å². The van der Waals surface area contributed by atoms with E-state index in [1.807, 2.05) is 48.5 Å². The molecule has 1 aliphatic heterocycles. The Kier molecular flexibility index (Phi) is 6.06. The van der Waals surface area contributed by atoms with Crippen LogP contribution in [-0.4, -0.2) is 41.7 Å². The Morgan fingerprint density at radius 1 is 1.13 bits per heavy atom. The maximum absolute atomic E-state index is 13.1. The van der Waals surface area contributed by atoms with Crippen molar-refractivity contribution in [3.8, 4) is 22.9 Å². The van der Waals surface area contributed by atoms with Gasteiger partial charge < -0.3 is 14.7 Å². The number of amides is 1. The van der Waals surface area contributed by atoms with E-state index in [0.29, 0.717) is 0 Å². The average molecular weight is 405 g/mol. The summed E-state index contributed by atoms with van der Waals surface area (Å²) in [5.74, 6) is 0.681. The van der Waals surface area contributed by atoms with E-state index < -0.39 is 6.04 Å². The van der Waals surface area contributed by atoms with Gasteiger partial charge in [0, 0.05) is 17.4 Å². The van der Waals surface area contributed by atoms with Crippen LogP contribution in [0, 0.1) is 17.2 Å². The van der Waals surface area contributed by atoms with Gasteiger partial charge in [-0.3, -0.25) is 4.79 Å². The number of nitrogens with zero attached hydrogens (tertiary/aromatic N) is 2. The molecular formula is C25H28N2O3. The highest BCUT2D eigenvalue weighted by atomic mass is 16.5. The van der Waals surface area contributed by atoms with Crippen LogP contribution < -0.4 is 4.74 Å². The number of carbonyl (C=O) groups is 1. The van der Waals surface area contributed by atoms with Crippen LogP contribution in [0.15, 0.2) is 48.5 Å². The van der Waals surface area contributed by atoms with Crippen molar-refractivity contribution >= 4 is 5.91 Å². The zero-order chi connectivity index (χ0) is 21.1. The van der Waals surface area contributed by atoms with E-state index in [9.17, 15) is 15.2 Å². The number of likely N-dealkylation sites (tertiary alicyclic amines) is 1. The van der Waals surface area contributed by atoms with Gasteiger partial charge >= 0.3 is 0 Å². The Balaban J connectivity index is 1.56. The summed E-state index contributed by atoms with van der Waals surface area (Å²) in [4.78, 5) is 14.7. The number of hydrogen-bond acceptors (Lipinski definition) is 4. The molecule has 1 saturated carbocycles. The third-order valence-electron chi connectivity index (χ3n) is 6.65. The molecule has 156 valence electrons. The lowest BCUT2D eigenvalue weighted by molar-refractivity contribution is -0.152. The number of rotatable bonds is 5. The fraction of sp³-hybridized carbons (Fsp3) is 0.440. The van der Waals surface area contributed by atoms with Gasteiger partial charge in [0.2, 0.25) is 5.91 Å². The van der Waals surface area contributed by atoms with E-state index in [1.54, 1.807) is 12.0 Å². The minimum absolute atomic E-state index is 0.00229. The molecule has 5 nitrogen and oxygen atoms in total. The summed E-state index contributed by atoms with van der Waals surface area (Å²) in [6.45, 7) is -0.129. The number of carbonyl (C=O) groups excluding carboxylic acids is 1. The molecule has 1 N–H and O–H groups in total. The third-order valence-corrected chi connectivity index (χ3v) is 6.65. The van der Waals surface area contributed by atoms with Crippen LogP contribution in [0.4, 0.5) is 0 Å². The van der Waals surface area contributed by atoms with Crippen molar-refractivity contribution in [3.63, 3.8) is 0 Å². The normalized spacial score (nSPS) is 24.0. The molecule has 4 rings (SSSR count). The van der Waals surface area contributed by atoms with Gasteiger partial charge in [-0.2, -0.15) is 5.26 Å². The first-order valence-corrected chi connectivity index (χ1v) is 10.8.